The smallest absolute Gasteiger partial charge is 0.147 e. The Balaban J connectivity index is 1.74. The summed E-state index contributed by atoms with van der Waals surface area (Å²) in [4.78, 5) is 8.66. The van der Waals surface area contributed by atoms with Crippen molar-refractivity contribution in [3.63, 3.8) is 0 Å². The molecule has 1 atom stereocenters. The molecule has 3 rings (SSSR count). The van der Waals surface area contributed by atoms with Crippen molar-refractivity contribution in [3.8, 4) is 0 Å². The quantitative estimate of drug-likeness (QED) is 0.924. The molecule has 3 heterocycles. The van der Waals surface area contributed by atoms with Crippen LogP contribution in [0.5, 0.6) is 0 Å². The minimum absolute atomic E-state index is 0.324. The fraction of sp³-hybridized carbons (Fsp3) is 0.538. The van der Waals surface area contributed by atoms with E-state index in [1.54, 1.807) is 17.7 Å². The van der Waals surface area contributed by atoms with Crippen molar-refractivity contribution in [2.45, 2.75) is 32.3 Å². The van der Waals surface area contributed by atoms with Crippen molar-refractivity contribution in [2.24, 2.45) is 0 Å². The molecule has 5 heteroatoms. The van der Waals surface area contributed by atoms with Gasteiger partial charge in [0.1, 0.15) is 12.1 Å². The predicted molar refractivity (Wildman–Crippen MR) is 74.2 cm³/mol. The molecule has 0 spiro atoms. The Hall–Kier alpha value is -1.20. The number of ether oxygens (including phenoxy) is 1. The number of hydrogen-bond donors (Lipinski definition) is 1. The second-order valence-corrected chi connectivity index (χ2v) is 5.57. The molecule has 1 unspecified atom stereocenters. The van der Waals surface area contributed by atoms with Crippen molar-refractivity contribution in [1.82, 2.24) is 9.97 Å². The van der Waals surface area contributed by atoms with Crippen molar-refractivity contribution >= 4 is 27.4 Å². The second kappa shape index (κ2) is 5.20. The first-order valence-electron chi connectivity index (χ1n) is 6.39. The molecule has 1 N–H and O–H groups in total. The van der Waals surface area contributed by atoms with Gasteiger partial charge >= 0.3 is 0 Å². The third kappa shape index (κ3) is 2.33. The van der Waals surface area contributed by atoms with E-state index in [2.05, 4.69) is 27.6 Å². The van der Waals surface area contributed by atoms with E-state index in [0.29, 0.717) is 6.10 Å². The van der Waals surface area contributed by atoms with Crippen LogP contribution in [-0.2, 0) is 4.74 Å². The van der Waals surface area contributed by atoms with Crippen LogP contribution < -0.4 is 5.32 Å². The molecule has 1 aliphatic heterocycles. The molecule has 0 aromatic carbocycles. The lowest BCUT2D eigenvalue weighted by Crippen LogP contribution is -2.27. The Kier molecular flexibility index (Phi) is 3.43. The molecule has 1 fully saturated rings. The van der Waals surface area contributed by atoms with Crippen molar-refractivity contribution in [1.29, 1.82) is 0 Å². The molecule has 96 valence electrons. The lowest BCUT2D eigenvalue weighted by atomic mass is 10.1. The van der Waals surface area contributed by atoms with Gasteiger partial charge in [0, 0.05) is 13.2 Å². The molecule has 2 aromatic rings. The number of nitrogens with zero attached hydrogens (tertiary/aromatic N) is 2. The van der Waals surface area contributed by atoms with Gasteiger partial charge in [0.15, 0.2) is 0 Å². The number of thiophene rings is 1. The summed E-state index contributed by atoms with van der Waals surface area (Å²) in [5.41, 5.74) is 2.27. The largest absolute Gasteiger partial charge is 0.376 e. The highest BCUT2D eigenvalue weighted by Gasteiger charge is 2.15. The zero-order chi connectivity index (χ0) is 12.4. The maximum atomic E-state index is 5.71. The zero-order valence-corrected chi connectivity index (χ0v) is 11.3. The molecule has 2 aromatic heterocycles. The van der Waals surface area contributed by atoms with E-state index >= 15 is 0 Å². The summed E-state index contributed by atoms with van der Waals surface area (Å²) in [5.74, 6) is 0.937. The van der Waals surface area contributed by atoms with Gasteiger partial charge in [0.2, 0.25) is 0 Å². The second-order valence-electron chi connectivity index (χ2n) is 4.69. The molecule has 0 aliphatic carbocycles. The van der Waals surface area contributed by atoms with E-state index in [9.17, 15) is 0 Å². The van der Waals surface area contributed by atoms with Crippen molar-refractivity contribution in [2.75, 3.05) is 18.5 Å². The van der Waals surface area contributed by atoms with Crippen molar-refractivity contribution in [3.05, 3.63) is 17.3 Å². The maximum Gasteiger partial charge on any atom is 0.147 e. The average Bonchev–Trinajstić information content (AvgIpc) is 2.80. The number of nitrogens with one attached hydrogen (secondary N) is 1. The van der Waals surface area contributed by atoms with Gasteiger partial charge in [-0.15, -0.1) is 11.3 Å². The SMILES string of the molecule is Cc1csc2c(NCC3CCCCO3)ncnc12. The van der Waals surface area contributed by atoms with Gasteiger partial charge in [-0.3, -0.25) is 0 Å². The lowest BCUT2D eigenvalue weighted by molar-refractivity contribution is 0.0247. The van der Waals surface area contributed by atoms with E-state index in [-0.39, 0.29) is 0 Å². The molecule has 1 aliphatic rings. The summed E-state index contributed by atoms with van der Waals surface area (Å²) in [5, 5.41) is 5.53. The Morgan fingerprint density at radius 1 is 1.44 bits per heavy atom. The summed E-state index contributed by atoms with van der Waals surface area (Å²) in [6, 6.07) is 0. The number of fused-ring (bicyclic) bond motifs is 1. The van der Waals surface area contributed by atoms with Gasteiger partial charge < -0.3 is 10.1 Å². The first kappa shape index (κ1) is 11.9. The van der Waals surface area contributed by atoms with Crippen LogP contribution in [0.2, 0.25) is 0 Å². The van der Waals surface area contributed by atoms with E-state index in [1.165, 1.54) is 18.4 Å². The Labute approximate surface area is 110 Å². The molecular formula is C13H17N3OS. The minimum atomic E-state index is 0.324. The zero-order valence-electron chi connectivity index (χ0n) is 10.5. The van der Waals surface area contributed by atoms with Gasteiger partial charge in [-0.05, 0) is 37.1 Å². The topological polar surface area (TPSA) is 47.0 Å². The molecule has 18 heavy (non-hydrogen) atoms. The van der Waals surface area contributed by atoms with Crippen LogP contribution in [-0.4, -0.2) is 29.2 Å². The predicted octanol–water partition coefficient (Wildman–Crippen LogP) is 2.98. The van der Waals surface area contributed by atoms with Crippen LogP contribution in [0.25, 0.3) is 10.2 Å². The third-order valence-corrected chi connectivity index (χ3v) is 4.40. The highest BCUT2D eigenvalue weighted by molar-refractivity contribution is 7.18. The fourth-order valence-corrected chi connectivity index (χ4v) is 3.24. The molecule has 0 amide bonds. The number of aryl methyl sites for hydroxylation is 1. The number of anilines is 1. The first-order chi connectivity index (χ1) is 8.84. The summed E-state index contributed by atoms with van der Waals surface area (Å²) in [6.07, 6.45) is 5.56. The van der Waals surface area contributed by atoms with Gasteiger partial charge in [0.05, 0.1) is 16.3 Å². The maximum absolute atomic E-state index is 5.71. The van der Waals surface area contributed by atoms with Crippen LogP contribution in [0, 0.1) is 6.92 Å². The molecule has 4 nitrogen and oxygen atoms in total. The van der Waals surface area contributed by atoms with Gasteiger partial charge in [-0.1, -0.05) is 0 Å². The summed E-state index contributed by atoms with van der Waals surface area (Å²) in [6.45, 7) is 3.81. The molecule has 0 saturated carbocycles. The van der Waals surface area contributed by atoms with Crippen LogP contribution in [0.15, 0.2) is 11.7 Å². The highest BCUT2D eigenvalue weighted by atomic mass is 32.1. The highest BCUT2D eigenvalue weighted by Crippen LogP contribution is 2.28. The van der Waals surface area contributed by atoms with Crippen molar-refractivity contribution < 1.29 is 4.74 Å². The van der Waals surface area contributed by atoms with Gasteiger partial charge in [-0.2, -0.15) is 0 Å². The van der Waals surface area contributed by atoms with E-state index in [1.807, 2.05) is 0 Å². The molecule has 0 radical (unpaired) electrons. The minimum Gasteiger partial charge on any atom is -0.376 e. The molecular weight excluding hydrogens is 246 g/mol. The van der Waals surface area contributed by atoms with Crippen LogP contribution in [0.3, 0.4) is 0 Å². The Bertz CT molecular complexity index is 534. The monoisotopic (exact) mass is 263 g/mol. The Morgan fingerprint density at radius 2 is 2.39 bits per heavy atom. The van der Waals surface area contributed by atoms with Gasteiger partial charge in [0.25, 0.3) is 0 Å². The Morgan fingerprint density at radius 3 is 3.22 bits per heavy atom. The molecule has 1 saturated heterocycles. The summed E-state index contributed by atoms with van der Waals surface area (Å²) < 4.78 is 6.86. The fourth-order valence-electron chi connectivity index (χ4n) is 2.27. The standard InChI is InChI=1S/C13H17N3OS/c1-9-7-18-12-11(9)15-8-16-13(12)14-6-10-4-2-3-5-17-10/h7-8,10H,2-6H2,1H3,(H,14,15,16). The third-order valence-electron chi connectivity index (χ3n) is 3.30. The summed E-state index contributed by atoms with van der Waals surface area (Å²) >= 11 is 1.70. The lowest BCUT2D eigenvalue weighted by Gasteiger charge is -2.22. The number of rotatable bonds is 3. The first-order valence-corrected chi connectivity index (χ1v) is 7.27. The van der Waals surface area contributed by atoms with E-state index in [0.717, 1.165) is 35.6 Å². The van der Waals surface area contributed by atoms with Crippen LogP contribution in [0.1, 0.15) is 24.8 Å². The van der Waals surface area contributed by atoms with Gasteiger partial charge in [-0.25, -0.2) is 9.97 Å². The van der Waals surface area contributed by atoms with E-state index < -0.39 is 0 Å². The van der Waals surface area contributed by atoms with E-state index in [4.69, 9.17) is 4.74 Å². The normalized spacial score (nSPS) is 20.2. The summed E-state index contributed by atoms with van der Waals surface area (Å²) in [7, 11) is 0. The average molecular weight is 263 g/mol. The van der Waals surface area contributed by atoms with Crippen LogP contribution >= 0.6 is 11.3 Å². The van der Waals surface area contributed by atoms with Crippen LogP contribution in [0.4, 0.5) is 5.82 Å². The number of hydrogen-bond acceptors (Lipinski definition) is 5. The molecule has 0 bridgehead atoms. The number of aromatic nitrogens is 2.